The van der Waals surface area contributed by atoms with Gasteiger partial charge in [-0.1, -0.05) is 6.07 Å². The van der Waals surface area contributed by atoms with Crippen LogP contribution in [-0.2, 0) is 20.6 Å². The molecule has 1 N–H and O–H groups in total. The normalized spacial score (nSPS) is 19.1. The number of thiocarbonyl (C=S) groups is 1. The number of nitrogens with zero attached hydrogens (tertiary/aromatic N) is 3. The monoisotopic (exact) mass is 424 g/mol. The van der Waals surface area contributed by atoms with Crippen LogP contribution < -0.4 is 5.32 Å². The SMILES string of the molecule is CC(c1ccc(C(F)(F)F)nc1)S(C)(=O)=NC(=S)NCCN1CCOCC1. The van der Waals surface area contributed by atoms with Crippen molar-refractivity contribution < 1.29 is 22.1 Å². The molecule has 1 aromatic rings. The van der Waals surface area contributed by atoms with Crippen molar-refractivity contribution in [3.8, 4) is 0 Å². The van der Waals surface area contributed by atoms with Crippen molar-refractivity contribution in [3.05, 3.63) is 29.6 Å². The molecule has 27 heavy (non-hydrogen) atoms. The molecule has 0 aliphatic carbocycles. The summed E-state index contributed by atoms with van der Waals surface area (Å²) in [7, 11) is -2.80. The number of morpholine rings is 1. The molecule has 2 atom stereocenters. The van der Waals surface area contributed by atoms with Gasteiger partial charge in [0.15, 0.2) is 0 Å². The minimum atomic E-state index is -4.51. The molecule has 0 bridgehead atoms. The number of hydrogen-bond donors (Lipinski definition) is 1. The second-order valence-corrected chi connectivity index (χ2v) is 9.25. The molecule has 2 unspecified atom stereocenters. The van der Waals surface area contributed by atoms with E-state index in [9.17, 15) is 17.4 Å². The molecule has 152 valence electrons. The van der Waals surface area contributed by atoms with Crippen molar-refractivity contribution in [2.45, 2.75) is 18.3 Å². The van der Waals surface area contributed by atoms with Crippen LogP contribution in [0.3, 0.4) is 0 Å². The van der Waals surface area contributed by atoms with Gasteiger partial charge in [-0.3, -0.25) is 9.88 Å². The molecule has 0 saturated carbocycles. The number of rotatable bonds is 5. The van der Waals surface area contributed by atoms with Gasteiger partial charge in [-0.25, -0.2) is 4.21 Å². The van der Waals surface area contributed by atoms with Gasteiger partial charge in [0, 0.05) is 38.6 Å². The highest BCUT2D eigenvalue weighted by Gasteiger charge is 2.32. The first kappa shape index (κ1) is 22.0. The Bertz CT molecular complexity index is 756. The van der Waals surface area contributed by atoms with Gasteiger partial charge in [-0.2, -0.15) is 17.5 Å². The van der Waals surface area contributed by atoms with E-state index in [-0.39, 0.29) is 5.11 Å². The number of ether oxygens (including phenoxy) is 1. The Hall–Kier alpha value is -1.30. The summed E-state index contributed by atoms with van der Waals surface area (Å²) < 4.78 is 60.1. The second kappa shape index (κ2) is 9.26. The van der Waals surface area contributed by atoms with E-state index in [2.05, 4.69) is 19.6 Å². The lowest BCUT2D eigenvalue weighted by atomic mass is 10.2. The van der Waals surface area contributed by atoms with Crippen molar-refractivity contribution in [2.24, 2.45) is 4.36 Å². The smallest absolute Gasteiger partial charge is 0.379 e. The number of halogens is 3. The Morgan fingerprint density at radius 3 is 2.67 bits per heavy atom. The van der Waals surface area contributed by atoms with Crippen molar-refractivity contribution in [1.82, 2.24) is 15.2 Å². The summed E-state index contributed by atoms with van der Waals surface area (Å²) in [5, 5.41) is 2.47. The van der Waals surface area contributed by atoms with Crippen molar-refractivity contribution in [1.29, 1.82) is 0 Å². The first-order chi connectivity index (χ1) is 12.6. The van der Waals surface area contributed by atoms with Crippen LogP contribution in [0, 0.1) is 0 Å². The minimum Gasteiger partial charge on any atom is -0.379 e. The van der Waals surface area contributed by atoms with Crippen molar-refractivity contribution >= 4 is 27.1 Å². The highest BCUT2D eigenvalue weighted by molar-refractivity contribution is 7.94. The summed E-state index contributed by atoms with van der Waals surface area (Å²) in [5.41, 5.74) is -0.575. The standard InChI is InChI=1S/C16H23F3N4O2S2/c1-12(13-3-4-14(21-11-13)16(17,18)19)27(2,24)22-15(26)20-5-6-23-7-9-25-10-8-23/h3-4,11-12H,5-10H2,1-2H3,(H,20,26). The Kier molecular flexibility index (Phi) is 7.55. The Morgan fingerprint density at radius 1 is 1.44 bits per heavy atom. The molecule has 0 radical (unpaired) electrons. The third-order valence-corrected chi connectivity index (χ3v) is 6.75. The van der Waals surface area contributed by atoms with Gasteiger partial charge in [0.05, 0.1) is 28.2 Å². The molecule has 0 aromatic carbocycles. The van der Waals surface area contributed by atoms with E-state index in [1.807, 2.05) is 0 Å². The second-order valence-electron chi connectivity index (χ2n) is 6.26. The molecule has 1 aliphatic rings. The summed E-state index contributed by atoms with van der Waals surface area (Å²) in [6, 6.07) is 2.15. The molecule has 11 heteroatoms. The average molecular weight is 425 g/mol. The third kappa shape index (κ3) is 6.66. The number of pyridine rings is 1. The quantitative estimate of drug-likeness (QED) is 0.733. The van der Waals surface area contributed by atoms with Crippen LogP contribution in [0.4, 0.5) is 13.2 Å². The van der Waals surface area contributed by atoms with E-state index in [1.54, 1.807) is 6.92 Å². The summed E-state index contributed by atoms with van der Waals surface area (Å²) in [6.45, 7) is 6.08. The maximum atomic E-state index is 12.9. The van der Waals surface area contributed by atoms with Crippen LogP contribution in [0.2, 0.25) is 0 Å². The van der Waals surface area contributed by atoms with E-state index in [1.165, 1.54) is 12.3 Å². The first-order valence-corrected chi connectivity index (χ1v) is 10.8. The number of alkyl halides is 3. The predicted molar refractivity (Wildman–Crippen MR) is 102 cm³/mol. The molecule has 1 fully saturated rings. The molecule has 6 nitrogen and oxygen atoms in total. The van der Waals surface area contributed by atoms with Crippen LogP contribution in [0.5, 0.6) is 0 Å². The fourth-order valence-corrected chi connectivity index (χ4v) is 4.23. The average Bonchev–Trinajstić information content (AvgIpc) is 2.61. The van der Waals surface area contributed by atoms with Gasteiger partial charge < -0.3 is 10.1 Å². The van der Waals surface area contributed by atoms with Gasteiger partial charge >= 0.3 is 6.18 Å². The lowest BCUT2D eigenvalue weighted by Crippen LogP contribution is -2.41. The molecule has 1 saturated heterocycles. The zero-order valence-corrected chi connectivity index (χ0v) is 16.8. The predicted octanol–water partition coefficient (Wildman–Crippen LogP) is 2.47. The van der Waals surface area contributed by atoms with Gasteiger partial charge in [0.1, 0.15) is 5.69 Å². The van der Waals surface area contributed by atoms with Crippen LogP contribution in [0.1, 0.15) is 23.4 Å². The molecule has 1 aromatic heterocycles. The largest absolute Gasteiger partial charge is 0.433 e. The maximum absolute atomic E-state index is 12.9. The third-order valence-electron chi connectivity index (χ3n) is 4.27. The van der Waals surface area contributed by atoms with Gasteiger partial charge in [0.25, 0.3) is 0 Å². The van der Waals surface area contributed by atoms with Crippen molar-refractivity contribution in [2.75, 3.05) is 45.6 Å². The number of aromatic nitrogens is 1. The van der Waals surface area contributed by atoms with E-state index in [0.29, 0.717) is 25.3 Å². The Balaban J connectivity index is 1.96. The van der Waals surface area contributed by atoms with Crippen LogP contribution in [0.25, 0.3) is 0 Å². The molecule has 0 spiro atoms. The molecular formula is C16H23F3N4O2S2. The maximum Gasteiger partial charge on any atom is 0.433 e. The molecular weight excluding hydrogens is 401 g/mol. The van der Waals surface area contributed by atoms with Crippen LogP contribution in [-0.4, -0.2) is 64.9 Å². The number of hydrogen-bond acceptors (Lipinski definition) is 5. The summed E-state index contributed by atoms with van der Waals surface area (Å²) in [5.74, 6) is 0. The molecule has 2 rings (SSSR count). The minimum absolute atomic E-state index is 0.127. The highest BCUT2D eigenvalue weighted by Crippen LogP contribution is 2.29. The summed E-state index contributed by atoms with van der Waals surface area (Å²) in [6.07, 6.45) is -1.99. The van der Waals surface area contributed by atoms with E-state index < -0.39 is 26.8 Å². The summed E-state index contributed by atoms with van der Waals surface area (Å²) >= 11 is 5.14. The molecule has 1 aliphatic heterocycles. The Morgan fingerprint density at radius 2 is 2.11 bits per heavy atom. The lowest BCUT2D eigenvalue weighted by molar-refractivity contribution is -0.141. The fourth-order valence-electron chi connectivity index (χ4n) is 2.49. The van der Waals surface area contributed by atoms with Gasteiger partial charge in [-0.05, 0) is 30.8 Å². The van der Waals surface area contributed by atoms with E-state index >= 15 is 0 Å². The van der Waals surface area contributed by atoms with Gasteiger partial charge in [-0.15, -0.1) is 0 Å². The first-order valence-electron chi connectivity index (χ1n) is 8.41. The fraction of sp³-hybridized carbons (Fsp3) is 0.625. The molecule has 2 heterocycles. The Labute approximate surface area is 162 Å². The topological polar surface area (TPSA) is 66.8 Å². The van der Waals surface area contributed by atoms with Crippen LogP contribution >= 0.6 is 12.2 Å². The van der Waals surface area contributed by atoms with E-state index in [4.69, 9.17) is 17.0 Å². The van der Waals surface area contributed by atoms with Crippen molar-refractivity contribution in [3.63, 3.8) is 0 Å². The van der Waals surface area contributed by atoms with Crippen LogP contribution in [0.15, 0.2) is 22.7 Å². The summed E-state index contributed by atoms with van der Waals surface area (Å²) in [4.78, 5) is 5.63. The lowest BCUT2D eigenvalue weighted by Gasteiger charge is -2.26. The number of nitrogens with one attached hydrogen (secondary N) is 1. The zero-order valence-electron chi connectivity index (χ0n) is 15.2. The zero-order chi connectivity index (χ0) is 20.1. The van der Waals surface area contributed by atoms with E-state index in [0.717, 1.165) is 31.9 Å². The molecule has 0 amide bonds. The van der Waals surface area contributed by atoms with Gasteiger partial charge in [0.2, 0.25) is 5.11 Å². The highest BCUT2D eigenvalue weighted by atomic mass is 32.2.